The molecular formula is C19H22F20O7Si. The van der Waals surface area contributed by atoms with Gasteiger partial charge in [0.05, 0.1) is 13.2 Å². The lowest BCUT2D eigenvalue weighted by Crippen LogP contribution is -2.56. The minimum absolute atomic E-state index is 0.773. The van der Waals surface area contributed by atoms with Gasteiger partial charge in [-0.3, -0.25) is 9.47 Å². The maximum Gasteiger partial charge on any atom is 0.500 e. The Kier molecular flexibility index (Phi) is 15.1. The fourth-order valence-corrected chi connectivity index (χ4v) is 4.73. The molecule has 0 spiro atoms. The van der Waals surface area contributed by atoms with Crippen molar-refractivity contribution < 1.29 is 120 Å². The number of ether oxygens (including phenoxy) is 4. The molecule has 0 saturated heterocycles. The fraction of sp³-hybridized carbons (Fsp3) is 1.00. The van der Waals surface area contributed by atoms with Crippen molar-refractivity contribution in [2.75, 3.05) is 47.8 Å². The van der Waals surface area contributed by atoms with Gasteiger partial charge < -0.3 is 22.8 Å². The summed E-state index contributed by atoms with van der Waals surface area (Å²) in [5.74, 6) is -26.9. The second-order valence-electron chi connectivity index (χ2n) is 8.96. The van der Waals surface area contributed by atoms with Gasteiger partial charge in [-0.05, 0) is 0 Å². The van der Waals surface area contributed by atoms with E-state index in [2.05, 4.69) is 18.9 Å². The Hall–Kier alpha value is -1.46. The molecule has 7 nitrogen and oxygen atoms in total. The number of halogens is 20. The zero-order valence-electron chi connectivity index (χ0n) is 23.2. The van der Waals surface area contributed by atoms with Crippen molar-refractivity contribution >= 4 is 8.80 Å². The Balaban J connectivity index is 5.69. The minimum Gasteiger partial charge on any atom is -0.377 e. The van der Waals surface area contributed by atoms with E-state index in [1.54, 1.807) is 0 Å². The van der Waals surface area contributed by atoms with Crippen LogP contribution in [-0.4, -0.2) is 118 Å². The summed E-state index contributed by atoms with van der Waals surface area (Å²) >= 11 is 0. The Labute approximate surface area is 250 Å². The highest BCUT2D eigenvalue weighted by Gasteiger charge is 2.77. The van der Waals surface area contributed by atoms with E-state index in [1.807, 2.05) is 0 Å². The van der Waals surface area contributed by atoms with Crippen LogP contribution in [0.1, 0.15) is 0 Å². The highest BCUT2D eigenvalue weighted by Crippen LogP contribution is 2.49. The molecule has 0 saturated carbocycles. The third kappa shape index (κ3) is 11.3. The molecule has 0 aliphatic heterocycles. The van der Waals surface area contributed by atoms with Crippen molar-refractivity contribution in [1.82, 2.24) is 0 Å². The van der Waals surface area contributed by atoms with Crippen molar-refractivity contribution in [3.8, 4) is 0 Å². The molecule has 0 aromatic rings. The van der Waals surface area contributed by atoms with Gasteiger partial charge in [0, 0.05) is 33.3 Å². The van der Waals surface area contributed by atoms with E-state index in [-0.39, 0.29) is 0 Å². The van der Waals surface area contributed by atoms with Crippen LogP contribution in [0, 0.1) is 5.92 Å². The quantitative estimate of drug-likeness (QED) is 0.0922. The van der Waals surface area contributed by atoms with Crippen molar-refractivity contribution in [3.05, 3.63) is 0 Å². The molecule has 2 unspecified atom stereocenters. The first-order chi connectivity index (χ1) is 20.7. The topological polar surface area (TPSA) is 64.6 Å². The first-order valence-corrected chi connectivity index (χ1v) is 13.5. The van der Waals surface area contributed by atoms with Crippen LogP contribution in [-0.2, 0) is 32.2 Å². The highest BCUT2D eigenvalue weighted by molar-refractivity contribution is 6.60. The van der Waals surface area contributed by atoms with E-state index in [1.165, 1.54) is 0 Å². The molecule has 0 heterocycles. The standard InChI is InChI=1S/C19H22F20O7Si/c1-40-47(41-2,42-3)6-9(4-43-7-12(22,23)10(20)45-18(36,37)14(26,27)16(30,31)32)5-44-8-13(24,25)11(21)46-19(38,39)15(28,29)17(33,34)35/h9-11H,4-8H2,1-3H3. The lowest BCUT2D eigenvalue weighted by atomic mass is 10.2. The number of hydrogen-bond donors (Lipinski definition) is 0. The largest absolute Gasteiger partial charge is 0.500 e. The molecule has 0 fully saturated rings. The van der Waals surface area contributed by atoms with Crippen molar-refractivity contribution in [2.24, 2.45) is 5.92 Å². The van der Waals surface area contributed by atoms with Crippen LogP contribution < -0.4 is 0 Å². The third-order valence-corrected chi connectivity index (χ3v) is 8.32. The van der Waals surface area contributed by atoms with Crippen LogP contribution in [0.2, 0.25) is 6.04 Å². The predicted octanol–water partition coefficient (Wildman–Crippen LogP) is 6.99. The Bertz CT molecular complexity index is 887. The number of rotatable bonds is 21. The Morgan fingerprint density at radius 1 is 0.489 bits per heavy atom. The van der Waals surface area contributed by atoms with Gasteiger partial charge in [0.25, 0.3) is 12.7 Å². The van der Waals surface area contributed by atoms with E-state index < -0.39 is 108 Å². The third-order valence-electron chi connectivity index (χ3n) is 5.38. The molecule has 2 atom stereocenters. The summed E-state index contributed by atoms with van der Waals surface area (Å²) in [7, 11) is -1.29. The van der Waals surface area contributed by atoms with Crippen LogP contribution in [0.15, 0.2) is 0 Å². The molecule has 28 heteroatoms. The normalized spacial score (nSPS) is 17.2. The first-order valence-electron chi connectivity index (χ1n) is 11.6. The van der Waals surface area contributed by atoms with E-state index in [0.717, 1.165) is 21.3 Å². The summed E-state index contributed by atoms with van der Waals surface area (Å²) in [6.07, 6.45) is -37.8. The van der Waals surface area contributed by atoms with Gasteiger partial charge in [0.15, 0.2) is 0 Å². The van der Waals surface area contributed by atoms with Gasteiger partial charge in [-0.2, -0.15) is 79.0 Å². The van der Waals surface area contributed by atoms with E-state index in [0.29, 0.717) is 0 Å². The molecule has 0 aliphatic rings. The van der Waals surface area contributed by atoms with E-state index >= 15 is 0 Å². The van der Waals surface area contributed by atoms with Crippen LogP contribution in [0.4, 0.5) is 87.8 Å². The first kappa shape index (κ1) is 45.5. The predicted molar refractivity (Wildman–Crippen MR) is 110 cm³/mol. The summed E-state index contributed by atoms with van der Waals surface area (Å²) < 4.78 is 287. The molecule has 284 valence electrons. The van der Waals surface area contributed by atoms with Crippen molar-refractivity contribution in [3.63, 3.8) is 0 Å². The number of alkyl halides is 20. The summed E-state index contributed by atoms with van der Waals surface area (Å²) in [5, 5.41) is 0. The zero-order valence-corrected chi connectivity index (χ0v) is 24.2. The molecule has 47 heavy (non-hydrogen) atoms. The summed E-state index contributed by atoms with van der Waals surface area (Å²) in [6, 6.07) is -0.773. The van der Waals surface area contributed by atoms with Crippen LogP contribution in [0.5, 0.6) is 0 Å². The van der Waals surface area contributed by atoms with Gasteiger partial charge in [-0.25, -0.2) is 8.78 Å². The van der Waals surface area contributed by atoms with Gasteiger partial charge in [-0.1, -0.05) is 0 Å². The second-order valence-corrected chi connectivity index (χ2v) is 12.0. The molecule has 0 N–H and O–H groups in total. The monoisotopic (exact) mass is 770 g/mol. The maximum atomic E-state index is 13.9. The SMILES string of the molecule is CO[Si](CC(COCC(F)(F)C(F)OC(F)(F)C(F)(F)C(F)(F)F)COCC(F)(F)C(F)OC(F)(F)C(F)(F)C(F)(F)F)(OC)OC. The molecule has 0 aromatic carbocycles. The molecule has 0 amide bonds. The van der Waals surface area contributed by atoms with Gasteiger partial charge in [0.1, 0.15) is 13.2 Å². The molecule has 0 aromatic heterocycles. The average molecular weight is 770 g/mol. The lowest BCUT2D eigenvalue weighted by molar-refractivity contribution is -0.451. The van der Waals surface area contributed by atoms with Crippen LogP contribution in [0.3, 0.4) is 0 Å². The van der Waals surface area contributed by atoms with Gasteiger partial charge >= 0.3 is 57.1 Å². The molecule has 0 radical (unpaired) electrons. The van der Waals surface area contributed by atoms with Gasteiger partial charge in [-0.15, -0.1) is 0 Å². The van der Waals surface area contributed by atoms with E-state index in [9.17, 15) is 87.8 Å². The average Bonchev–Trinajstić information content (AvgIpc) is 2.89. The van der Waals surface area contributed by atoms with Crippen LogP contribution >= 0.6 is 0 Å². The number of hydrogen-bond acceptors (Lipinski definition) is 7. The van der Waals surface area contributed by atoms with Crippen LogP contribution in [0.25, 0.3) is 0 Å². The molecule has 0 bridgehead atoms. The van der Waals surface area contributed by atoms with Crippen molar-refractivity contribution in [1.29, 1.82) is 0 Å². The smallest absolute Gasteiger partial charge is 0.377 e. The molecule has 0 rings (SSSR count). The van der Waals surface area contributed by atoms with Crippen molar-refractivity contribution in [2.45, 2.75) is 67.0 Å². The Morgan fingerprint density at radius 3 is 1.00 bits per heavy atom. The zero-order chi connectivity index (χ0) is 37.7. The fourth-order valence-electron chi connectivity index (χ4n) is 2.78. The van der Waals surface area contributed by atoms with Gasteiger partial charge in [0.2, 0.25) is 0 Å². The maximum absolute atomic E-state index is 13.9. The second kappa shape index (κ2) is 15.6. The molecular weight excluding hydrogens is 748 g/mol. The summed E-state index contributed by atoms with van der Waals surface area (Å²) in [4.78, 5) is 0. The highest BCUT2D eigenvalue weighted by atomic mass is 28.4. The summed E-state index contributed by atoms with van der Waals surface area (Å²) in [6.45, 7) is -7.64. The Morgan fingerprint density at radius 2 is 0.766 bits per heavy atom. The summed E-state index contributed by atoms with van der Waals surface area (Å²) in [5.41, 5.74) is 0. The minimum atomic E-state index is -7.17. The van der Waals surface area contributed by atoms with E-state index in [4.69, 9.17) is 13.3 Å². The lowest BCUT2D eigenvalue weighted by Gasteiger charge is -2.32. The molecule has 0 aliphatic carbocycles.